The highest BCUT2D eigenvalue weighted by atomic mass is 16.5. The highest BCUT2D eigenvalue weighted by Crippen LogP contribution is 2.40. The van der Waals surface area contributed by atoms with E-state index in [1.54, 1.807) is 61.4 Å². The Bertz CT molecular complexity index is 1460. The molecule has 0 spiro atoms. The van der Waals surface area contributed by atoms with E-state index in [0.29, 0.717) is 40.9 Å². The second-order valence-electron chi connectivity index (χ2n) is 9.17. The number of aromatic nitrogens is 2. The molecule has 0 saturated carbocycles. The quantitative estimate of drug-likeness (QED) is 0.408. The number of nitrogens with zero attached hydrogens (tertiary/aromatic N) is 3. The third-order valence-corrected chi connectivity index (χ3v) is 6.58. The maximum absolute atomic E-state index is 14.0. The van der Waals surface area contributed by atoms with Crippen molar-refractivity contribution in [3.63, 3.8) is 0 Å². The van der Waals surface area contributed by atoms with Gasteiger partial charge in [-0.25, -0.2) is 0 Å². The number of benzene rings is 2. The van der Waals surface area contributed by atoms with Gasteiger partial charge in [0.05, 0.1) is 32.7 Å². The molecular formula is C28H28N4O5. The van der Waals surface area contributed by atoms with Gasteiger partial charge in [0.1, 0.15) is 28.4 Å². The van der Waals surface area contributed by atoms with Crippen LogP contribution in [0.1, 0.15) is 28.5 Å². The number of carbonyl (C=O) groups excluding carboxylic acids is 2. The van der Waals surface area contributed by atoms with Gasteiger partial charge in [0.15, 0.2) is 5.76 Å². The van der Waals surface area contributed by atoms with Crippen molar-refractivity contribution < 1.29 is 23.5 Å². The Hall–Kier alpha value is -4.53. The fraction of sp³-hybridized carbons (Fsp3) is 0.250. The maximum atomic E-state index is 14.0. The number of fused-ring (bicyclic) bond motifs is 1. The maximum Gasteiger partial charge on any atom is 0.277 e. The summed E-state index contributed by atoms with van der Waals surface area (Å²) in [5.74, 6) is 0.813. The lowest BCUT2D eigenvalue weighted by molar-refractivity contribution is -0.126. The first-order valence-corrected chi connectivity index (χ1v) is 11.9. The normalized spacial score (nSPS) is 16.9. The monoisotopic (exact) mass is 500 g/mol. The Labute approximate surface area is 214 Å². The van der Waals surface area contributed by atoms with Gasteiger partial charge in [-0.2, -0.15) is 5.10 Å². The van der Waals surface area contributed by atoms with Gasteiger partial charge < -0.3 is 19.2 Å². The smallest absolute Gasteiger partial charge is 0.277 e. The van der Waals surface area contributed by atoms with E-state index in [1.165, 1.54) is 12.0 Å². The largest absolute Gasteiger partial charge is 0.497 e. The van der Waals surface area contributed by atoms with Gasteiger partial charge in [-0.3, -0.25) is 19.2 Å². The van der Waals surface area contributed by atoms with Crippen molar-refractivity contribution in [1.82, 2.24) is 15.1 Å². The lowest BCUT2D eigenvalue weighted by atomic mass is 9.93. The molecule has 1 aliphatic rings. The minimum absolute atomic E-state index is 0.129. The number of amides is 2. The molecule has 9 heteroatoms. The summed E-state index contributed by atoms with van der Waals surface area (Å²) in [4.78, 5) is 29.4. The van der Waals surface area contributed by atoms with Gasteiger partial charge in [-0.05, 0) is 43.7 Å². The SMILES string of the molecule is COc1ccc(N2C(=O)c3cc(-c4ccco4)nn3CC2(C)C(=O)NCc2cccc(C)c2)c(OC)c1. The standard InChI is InChI=1S/C28H28N4O5/c1-18-7-5-8-19(13-18)16-29-27(34)28(2)17-31-23(15-21(30-31)24-9-6-12-37-24)26(33)32(28)22-11-10-20(35-3)14-25(22)36-4/h5-15H,16-17H2,1-4H3,(H,29,34). The topological polar surface area (TPSA) is 98.8 Å². The van der Waals surface area contributed by atoms with Crippen molar-refractivity contribution in [2.45, 2.75) is 32.5 Å². The van der Waals surface area contributed by atoms with Gasteiger partial charge in [0, 0.05) is 18.7 Å². The van der Waals surface area contributed by atoms with E-state index in [2.05, 4.69) is 10.4 Å². The van der Waals surface area contributed by atoms with E-state index in [0.717, 1.165) is 11.1 Å². The number of carbonyl (C=O) groups is 2. The van der Waals surface area contributed by atoms with Crippen LogP contribution in [0.2, 0.25) is 0 Å². The molecule has 0 saturated heterocycles. The van der Waals surface area contributed by atoms with Crippen LogP contribution in [-0.4, -0.2) is 41.4 Å². The second kappa shape index (κ2) is 9.50. The molecule has 0 fully saturated rings. The van der Waals surface area contributed by atoms with Crippen molar-refractivity contribution >= 4 is 17.5 Å². The van der Waals surface area contributed by atoms with Gasteiger partial charge in [0.2, 0.25) is 5.91 Å². The Morgan fingerprint density at radius 2 is 1.95 bits per heavy atom. The summed E-state index contributed by atoms with van der Waals surface area (Å²) in [5.41, 5.74) is 2.05. The first-order valence-electron chi connectivity index (χ1n) is 11.9. The molecule has 3 heterocycles. The highest BCUT2D eigenvalue weighted by molar-refractivity contribution is 6.12. The molecule has 1 N–H and O–H groups in total. The third-order valence-electron chi connectivity index (χ3n) is 6.58. The zero-order chi connectivity index (χ0) is 26.2. The van der Waals surface area contributed by atoms with Gasteiger partial charge in [-0.15, -0.1) is 0 Å². The average Bonchev–Trinajstić information content (AvgIpc) is 3.58. The molecule has 37 heavy (non-hydrogen) atoms. The zero-order valence-corrected chi connectivity index (χ0v) is 21.1. The molecule has 0 aliphatic carbocycles. The van der Waals surface area contributed by atoms with Crippen molar-refractivity contribution in [1.29, 1.82) is 0 Å². The summed E-state index contributed by atoms with van der Waals surface area (Å²) in [7, 11) is 3.07. The molecule has 5 rings (SSSR count). The molecule has 2 aromatic heterocycles. The number of methoxy groups -OCH3 is 2. The summed E-state index contributed by atoms with van der Waals surface area (Å²) in [6, 6.07) is 18.3. The highest BCUT2D eigenvalue weighted by Gasteiger charge is 2.49. The molecule has 0 radical (unpaired) electrons. The average molecular weight is 501 g/mol. The molecule has 1 aliphatic heterocycles. The first kappa shape index (κ1) is 24.2. The molecule has 1 atom stereocenters. The molecule has 1 unspecified atom stereocenters. The van der Waals surface area contributed by atoms with Crippen LogP contribution >= 0.6 is 0 Å². The fourth-order valence-corrected chi connectivity index (χ4v) is 4.67. The number of rotatable bonds is 7. The van der Waals surface area contributed by atoms with Crippen LogP contribution < -0.4 is 19.7 Å². The fourth-order valence-electron chi connectivity index (χ4n) is 4.67. The second-order valence-corrected chi connectivity index (χ2v) is 9.17. The van der Waals surface area contributed by atoms with Crippen molar-refractivity contribution in [2.24, 2.45) is 0 Å². The van der Waals surface area contributed by atoms with Gasteiger partial charge in [0.25, 0.3) is 5.91 Å². The predicted octanol–water partition coefficient (Wildman–Crippen LogP) is 4.20. The Morgan fingerprint density at radius 3 is 2.65 bits per heavy atom. The number of anilines is 1. The van der Waals surface area contributed by atoms with Crippen LogP contribution in [0.15, 0.2) is 71.3 Å². The van der Waals surface area contributed by atoms with E-state index in [-0.39, 0.29) is 18.4 Å². The minimum atomic E-state index is -1.32. The third kappa shape index (κ3) is 4.33. The van der Waals surface area contributed by atoms with Crippen molar-refractivity contribution in [2.75, 3.05) is 19.1 Å². The van der Waals surface area contributed by atoms with E-state index >= 15 is 0 Å². The summed E-state index contributed by atoms with van der Waals surface area (Å²) in [6.07, 6.45) is 1.55. The van der Waals surface area contributed by atoms with Crippen LogP contribution in [0.25, 0.3) is 11.5 Å². The molecule has 9 nitrogen and oxygen atoms in total. The summed E-state index contributed by atoms with van der Waals surface area (Å²) in [5, 5.41) is 7.62. The summed E-state index contributed by atoms with van der Waals surface area (Å²) >= 11 is 0. The number of hydrogen-bond donors (Lipinski definition) is 1. The number of hydrogen-bond acceptors (Lipinski definition) is 6. The van der Waals surface area contributed by atoms with Crippen LogP contribution in [0.5, 0.6) is 11.5 Å². The van der Waals surface area contributed by atoms with Crippen LogP contribution in [-0.2, 0) is 17.9 Å². The van der Waals surface area contributed by atoms with Crippen LogP contribution in [0.3, 0.4) is 0 Å². The number of furan rings is 1. The van der Waals surface area contributed by atoms with Crippen molar-refractivity contribution in [3.8, 4) is 23.0 Å². The Kier molecular flexibility index (Phi) is 6.20. The van der Waals surface area contributed by atoms with E-state index in [4.69, 9.17) is 13.9 Å². The molecular weight excluding hydrogens is 472 g/mol. The number of nitrogens with one attached hydrogen (secondary N) is 1. The number of ether oxygens (including phenoxy) is 2. The first-order chi connectivity index (χ1) is 17.8. The molecule has 4 aromatic rings. The molecule has 2 amide bonds. The molecule has 0 bridgehead atoms. The van der Waals surface area contributed by atoms with E-state index in [1.807, 2.05) is 31.2 Å². The Morgan fingerprint density at radius 1 is 1.11 bits per heavy atom. The zero-order valence-electron chi connectivity index (χ0n) is 21.1. The van der Waals surface area contributed by atoms with Crippen LogP contribution in [0.4, 0.5) is 5.69 Å². The molecule has 2 aromatic carbocycles. The lowest BCUT2D eigenvalue weighted by Gasteiger charge is -2.43. The van der Waals surface area contributed by atoms with Crippen LogP contribution in [0, 0.1) is 6.92 Å². The van der Waals surface area contributed by atoms with Crippen molar-refractivity contribution in [3.05, 3.63) is 83.7 Å². The van der Waals surface area contributed by atoms with E-state index < -0.39 is 5.54 Å². The van der Waals surface area contributed by atoms with Gasteiger partial charge in [-0.1, -0.05) is 29.8 Å². The minimum Gasteiger partial charge on any atom is -0.497 e. The summed E-state index contributed by atoms with van der Waals surface area (Å²) < 4.78 is 18.0. The predicted molar refractivity (Wildman–Crippen MR) is 138 cm³/mol. The van der Waals surface area contributed by atoms with E-state index in [9.17, 15) is 9.59 Å². The Balaban J connectivity index is 1.58. The molecule has 190 valence electrons. The number of aryl methyl sites for hydroxylation is 1. The van der Waals surface area contributed by atoms with Gasteiger partial charge >= 0.3 is 0 Å². The summed E-state index contributed by atoms with van der Waals surface area (Å²) in [6.45, 7) is 4.18. The lowest BCUT2D eigenvalue weighted by Crippen LogP contribution is -2.64.